The van der Waals surface area contributed by atoms with Gasteiger partial charge in [0.25, 0.3) is 0 Å². The van der Waals surface area contributed by atoms with Crippen molar-refractivity contribution in [1.82, 2.24) is 10.6 Å². The minimum Gasteiger partial charge on any atom is -0.444 e. The Bertz CT molecular complexity index is 532. The van der Waals surface area contributed by atoms with Gasteiger partial charge >= 0.3 is 6.09 Å². The SMILES string of the molecule is CC(C)(C)OC(=O)NC/C=C/CNC1CCc2ccccc21. The first kappa shape index (κ1) is 16.6. The number of rotatable bonds is 5. The van der Waals surface area contributed by atoms with Crippen LogP contribution in [-0.4, -0.2) is 24.8 Å². The van der Waals surface area contributed by atoms with Crippen molar-refractivity contribution in [3.8, 4) is 0 Å². The maximum atomic E-state index is 11.5. The molecule has 0 radical (unpaired) electrons. The Morgan fingerprint density at radius 2 is 2.00 bits per heavy atom. The Kier molecular flexibility index (Phi) is 5.61. The van der Waals surface area contributed by atoms with E-state index in [1.807, 2.05) is 32.9 Å². The Morgan fingerprint density at radius 3 is 2.77 bits per heavy atom. The van der Waals surface area contributed by atoms with Crippen LogP contribution in [0.3, 0.4) is 0 Å². The summed E-state index contributed by atoms with van der Waals surface area (Å²) in [5.41, 5.74) is 2.42. The summed E-state index contributed by atoms with van der Waals surface area (Å²) in [6.07, 6.45) is 5.91. The second-order valence-electron chi connectivity index (χ2n) is 6.55. The van der Waals surface area contributed by atoms with E-state index in [1.54, 1.807) is 0 Å². The number of alkyl carbamates (subject to hydrolysis) is 1. The molecule has 1 amide bonds. The molecule has 1 unspecified atom stereocenters. The first-order valence-corrected chi connectivity index (χ1v) is 7.89. The van der Waals surface area contributed by atoms with E-state index in [0.29, 0.717) is 12.6 Å². The highest BCUT2D eigenvalue weighted by Gasteiger charge is 2.20. The van der Waals surface area contributed by atoms with E-state index in [9.17, 15) is 4.79 Å². The van der Waals surface area contributed by atoms with Crippen LogP contribution in [0.4, 0.5) is 4.79 Å². The lowest BCUT2D eigenvalue weighted by atomic mass is 10.1. The number of nitrogens with one attached hydrogen (secondary N) is 2. The fraction of sp³-hybridized carbons (Fsp3) is 0.500. The number of amides is 1. The summed E-state index contributed by atoms with van der Waals surface area (Å²) < 4.78 is 5.17. The van der Waals surface area contributed by atoms with Gasteiger partial charge in [0.1, 0.15) is 5.60 Å². The molecule has 0 aromatic heterocycles. The predicted octanol–water partition coefficient (Wildman–Crippen LogP) is 3.34. The van der Waals surface area contributed by atoms with E-state index in [2.05, 4.69) is 34.9 Å². The highest BCUT2D eigenvalue weighted by molar-refractivity contribution is 5.67. The Balaban J connectivity index is 1.64. The monoisotopic (exact) mass is 302 g/mol. The summed E-state index contributed by atoms with van der Waals surface area (Å²) in [4.78, 5) is 11.5. The predicted molar refractivity (Wildman–Crippen MR) is 88.9 cm³/mol. The third-order valence-corrected chi connectivity index (χ3v) is 3.54. The number of hydrogen-bond acceptors (Lipinski definition) is 3. The van der Waals surface area contributed by atoms with Crippen molar-refractivity contribution in [2.75, 3.05) is 13.1 Å². The molecule has 0 saturated heterocycles. The molecule has 0 saturated carbocycles. The van der Waals surface area contributed by atoms with Crippen molar-refractivity contribution in [2.45, 2.75) is 45.3 Å². The molecule has 1 aliphatic carbocycles. The van der Waals surface area contributed by atoms with Crippen molar-refractivity contribution in [3.05, 3.63) is 47.5 Å². The summed E-state index contributed by atoms with van der Waals surface area (Å²) in [6.45, 7) is 6.84. The summed E-state index contributed by atoms with van der Waals surface area (Å²) in [6, 6.07) is 9.05. The van der Waals surface area contributed by atoms with E-state index in [4.69, 9.17) is 4.74 Å². The molecular weight excluding hydrogens is 276 g/mol. The average Bonchev–Trinajstić information content (AvgIpc) is 2.84. The summed E-state index contributed by atoms with van der Waals surface area (Å²) in [7, 11) is 0. The standard InChI is InChI=1S/C18H26N2O2/c1-18(2,3)22-17(21)20-13-7-6-12-19-16-11-10-14-8-4-5-9-15(14)16/h4-9,16,19H,10-13H2,1-3H3,(H,20,21)/b7-6+. The Hall–Kier alpha value is -1.81. The van der Waals surface area contributed by atoms with E-state index in [1.165, 1.54) is 11.1 Å². The highest BCUT2D eigenvalue weighted by Crippen LogP contribution is 2.30. The quantitative estimate of drug-likeness (QED) is 0.820. The fourth-order valence-electron chi connectivity index (χ4n) is 2.60. The van der Waals surface area contributed by atoms with Gasteiger partial charge < -0.3 is 15.4 Å². The summed E-state index contributed by atoms with van der Waals surface area (Å²) in [5, 5.41) is 6.24. The van der Waals surface area contributed by atoms with Gasteiger partial charge in [-0.05, 0) is 44.7 Å². The molecule has 0 spiro atoms. The lowest BCUT2D eigenvalue weighted by Gasteiger charge is -2.19. The molecule has 0 aliphatic heterocycles. The largest absolute Gasteiger partial charge is 0.444 e. The van der Waals surface area contributed by atoms with Gasteiger partial charge in [-0.25, -0.2) is 4.79 Å². The van der Waals surface area contributed by atoms with Crippen molar-refractivity contribution in [1.29, 1.82) is 0 Å². The Labute approximate surface area is 132 Å². The molecule has 1 aliphatic rings. The molecule has 1 atom stereocenters. The number of ether oxygens (including phenoxy) is 1. The topological polar surface area (TPSA) is 50.4 Å². The van der Waals surface area contributed by atoms with Crippen LogP contribution in [0.25, 0.3) is 0 Å². The van der Waals surface area contributed by atoms with Crippen LogP contribution >= 0.6 is 0 Å². The van der Waals surface area contributed by atoms with Crippen LogP contribution in [0, 0.1) is 0 Å². The van der Waals surface area contributed by atoms with Gasteiger partial charge in [0.15, 0.2) is 0 Å². The minimum atomic E-state index is -0.453. The van der Waals surface area contributed by atoms with Gasteiger partial charge in [-0.1, -0.05) is 36.4 Å². The zero-order valence-electron chi connectivity index (χ0n) is 13.7. The molecular formula is C18H26N2O2. The van der Waals surface area contributed by atoms with Crippen molar-refractivity contribution in [3.63, 3.8) is 0 Å². The number of fused-ring (bicyclic) bond motifs is 1. The lowest BCUT2D eigenvalue weighted by Crippen LogP contribution is -2.32. The maximum absolute atomic E-state index is 11.5. The first-order chi connectivity index (χ1) is 10.5. The molecule has 0 fully saturated rings. The van der Waals surface area contributed by atoms with Crippen LogP contribution in [0.15, 0.2) is 36.4 Å². The van der Waals surface area contributed by atoms with E-state index >= 15 is 0 Å². The summed E-state index contributed by atoms with van der Waals surface area (Å²) in [5.74, 6) is 0. The number of benzene rings is 1. The van der Waals surface area contributed by atoms with Gasteiger partial charge in [0, 0.05) is 19.1 Å². The molecule has 2 N–H and O–H groups in total. The van der Waals surface area contributed by atoms with Gasteiger partial charge in [0.2, 0.25) is 0 Å². The van der Waals surface area contributed by atoms with Gasteiger partial charge in [-0.2, -0.15) is 0 Å². The lowest BCUT2D eigenvalue weighted by molar-refractivity contribution is 0.0534. The molecule has 4 nitrogen and oxygen atoms in total. The van der Waals surface area contributed by atoms with Gasteiger partial charge in [0.05, 0.1) is 0 Å². The minimum absolute atomic E-state index is 0.380. The third kappa shape index (κ3) is 5.19. The van der Waals surface area contributed by atoms with E-state index in [0.717, 1.165) is 19.4 Å². The zero-order valence-corrected chi connectivity index (χ0v) is 13.7. The summed E-state index contributed by atoms with van der Waals surface area (Å²) >= 11 is 0. The third-order valence-electron chi connectivity index (χ3n) is 3.54. The molecule has 120 valence electrons. The highest BCUT2D eigenvalue weighted by atomic mass is 16.6. The molecule has 1 aromatic carbocycles. The van der Waals surface area contributed by atoms with Crippen molar-refractivity contribution >= 4 is 6.09 Å². The van der Waals surface area contributed by atoms with Crippen LogP contribution in [0.5, 0.6) is 0 Å². The number of hydrogen-bond donors (Lipinski definition) is 2. The molecule has 2 rings (SSSR count). The molecule has 4 heteroatoms. The van der Waals surface area contributed by atoms with Crippen LogP contribution in [0.2, 0.25) is 0 Å². The molecule has 1 aromatic rings. The van der Waals surface area contributed by atoms with Crippen LogP contribution in [0.1, 0.15) is 44.4 Å². The van der Waals surface area contributed by atoms with Crippen LogP contribution < -0.4 is 10.6 Å². The number of carbonyl (C=O) groups excluding carboxylic acids is 1. The molecule has 0 bridgehead atoms. The van der Waals surface area contributed by atoms with E-state index in [-0.39, 0.29) is 6.09 Å². The normalized spacial score (nSPS) is 17.5. The second kappa shape index (κ2) is 7.45. The number of carbonyl (C=O) groups is 1. The zero-order chi connectivity index (χ0) is 16.0. The average molecular weight is 302 g/mol. The smallest absolute Gasteiger partial charge is 0.407 e. The Morgan fingerprint density at radius 1 is 1.27 bits per heavy atom. The van der Waals surface area contributed by atoms with Crippen molar-refractivity contribution < 1.29 is 9.53 Å². The van der Waals surface area contributed by atoms with Gasteiger partial charge in [-0.15, -0.1) is 0 Å². The maximum Gasteiger partial charge on any atom is 0.407 e. The first-order valence-electron chi connectivity index (χ1n) is 7.89. The fourth-order valence-corrected chi connectivity index (χ4v) is 2.60. The number of aryl methyl sites for hydroxylation is 1. The molecule has 0 heterocycles. The van der Waals surface area contributed by atoms with Crippen molar-refractivity contribution in [2.24, 2.45) is 0 Å². The van der Waals surface area contributed by atoms with E-state index < -0.39 is 5.60 Å². The second-order valence-corrected chi connectivity index (χ2v) is 6.55. The van der Waals surface area contributed by atoms with Crippen LogP contribution in [-0.2, 0) is 11.2 Å². The van der Waals surface area contributed by atoms with Gasteiger partial charge in [-0.3, -0.25) is 0 Å². The molecule has 22 heavy (non-hydrogen) atoms.